The minimum Gasteiger partial charge on any atom is -0.488 e. The zero-order chi connectivity index (χ0) is 20.1. The molecule has 0 radical (unpaired) electrons. The summed E-state index contributed by atoms with van der Waals surface area (Å²) in [4.78, 5) is 18.8. The molecule has 2 aromatic rings. The standard InChI is InChI=1S/C22H22ClN3O3/c23-19-3-4-20-18(12-19)11-16(15-29-20)2-6-22(27)25-14-17-1-5-21(24-13-17)26-7-9-28-10-8-26/h1-6,11-13H,7-10,14-15H2,(H,25,27)/b6-2+. The van der Waals surface area contributed by atoms with E-state index in [-0.39, 0.29) is 5.91 Å². The zero-order valence-electron chi connectivity index (χ0n) is 15.9. The average Bonchev–Trinajstić information content (AvgIpc) is 2.77. The molecule has 0 spiro atoms. The molecule has 0 unspecified atom stereocenters. The second-order valence-corrected chi connectivity index (χ2v) is 7.30. The SMILES string of the molecule is O=C(/C=C/C1=Cc2cc(Cl)ccc2OC1)NCc1ccc(N2CCOCC2)nc1. The largest absolute Gasteiger partial charge is 0.488 e. The van der Waals surface area contributed by atoms with Crippen molar-refractivity contribution in [1.82, 2.24) is 10.3 Å². The Kier molecular flexibility index (Phi) is 6.12. The maximum absolute atomic E-state index is 12.1. The van der Waals surface area contributed by atoms with Gasteiger partial charge in [0.25, 0.3) is 0 Å². The first-order valence-corrected chi connectivity index (χ1v) is 9.92. The molecule has 2 aliphatic rings. The van der Waals surface area contributed by atoms with E-state index in [1.54, 1.807) is 18.3 Å². The van der Waals surface area contributed by atoms with Crippen molar-refractivity contribution in [3.05, 3.63) is 70.4 Å². The van der Waals surface area contributed by atoms with Crippen LogP contribution in [0.5, 0.6) is 5.75 Å². The van der Waals surface area contributed by atoms with E-state index in [1.165, 1.54) is 6.08 Å². The van der Waals surface area contributed by atoms with E-state index in [0.29, 0.717) is 18.2 Å². The normalized spacial score (nSPS) is 16.2. The Bertz CT molecular complexity index is 935. The molecule has 6 nitrogen and oxygen atoms in total. The summed E-state index contributed by atoms with van der Waals surface area (Å²) in [6.45, 7) is 4.00. The summed E-state index contributed by atoms with van der Waals surface area (Å²) in [7, 11) is 0. The molecular weight excluding hydrogens is 390 g/mol. The van der Waals surface area contributed by atoms with Crippen LogP contribution in [0.15, 0.2) is 54.3 Å². The van der Waals surface area contributed by atoms with Gasteiger partial charge in [-0.15, -0.1) is 0 Å². The number of ether oxygens (including phenoxy) is 2. The number of fused-ring (bicyclic) bond motifs is 1. The van der Waals surface area contributed by atoms with E-state index in [0.717, 1.165) is 54.6 Å². The maximum atomic E-state index is 12.1. The molecule has 150 valence electrons. The van der Waals surface area contributed by atoms with Gasteiger partial charge in [0.05, 0.1) is 13.2 Å². The van der Waals surface area contributed by atoms with Gasteiger partial charge in [0.15, 0.2) is 0 Å². The quantitative estimate of drug-likeness (QED) is 0.765. The van der Waals surface area contributed by atoms with Crippen LogP contribution in [0.4, 0.5) is 5.82 Å². The molecule has 3 heterocycles. The molecule has 0 aliphatic carbocycles. The molecule has 1 N–H and O–H groups in total. The number of hydrogen-bond donors (Lipinski definition) is 1. The lowest BCUT2D eigenvalue weighted by Gasteiger charge is -2.27. The first-order valence-electron chi connectivity index (χ1n) is 9.54. The fraction of sp³-hybridized carbons (Fsp3) is 0.273. The first kappa shape index (κ1) is 19.5. The van der Waals surface area contributed by atoms with E-state index in [4.69, 9.17) is 21.1 Å². The van der Waals surface area contributed by atoms with Gasteiger partial charge in [-0.25, -0.2) is 4.98 Å². The number of rotatable bonds is 5. The lowest BCUT2D eigenvalue weighted by Crippen LogP contribution is -2.36. The summed E-state index contributed by atoms with van der Waals surface area (Å²) in [5.74, 6) is 1.57. The molecule has 1 amide bonds. The smallest absolute Gasteiger partial charge is 0.244 e. The highest BCUT2D eigenvalue weighted by Gasteiger charge is 2.12. The number of aromatic nitrogens is 1. The van der Waals surface area contributed by atoms with E-state index in [1.807, 2.05) is 30.3 Å². The molecule has 0 bridgehead atoms. The Morgan fingerprint density at radius 3 is 2.90 bits per heavy atom. The third-order valence-corrected chi connectivity index (χ3v) is 5.00. The van der Waals surface area contributed by atoms with Gasteiger partial charge < -0.3 is 19.7 Å². The number of carbonyl (C=O) groups excluding carboxylic acids is 1. The van der Waals surface area contributed by atoms with Crippen LogP contribution >= 0.6 is 11.6 Å². The summed E-state index contributed by atoms with van der Waals surface area (Å²) < 4.78 is 11.0. The zero-order valence-corrected chi connectivity index (χ0v) is 16.7. The molecule has 4 rings (SSSR count). The van der Waals surface area contributed by atoms with Crippen LogP contribution in [0.3, 0.4) is 0 Å². The molecule has 1 aromatic carbocycles. The number of nitrogens with one attached hydrogen (secondary N) is 1. The van der Waals surface area contributed by atoms with Crippen LogP contribution in [-0.2, 0) is 16.1 Å². The van der Waals surface area contributed by atoms with Crippen molar-refractivity contribution in [3.63, 3.8) is 0 Å². The Balaban J connectivity index is 1.30. The van der Waals surface area contributed by atoms with Gasteiger partial charge >= 0.3 is 0 Å². The molecule has 1 aromatic heterocycles. The van der Waals surface area contributed by atoms with Gasteiger partial charge in [-0.2, -0.15) is 0 Å². The molecule has 7 heteroatoms. The van der Waals surface area contributed by atoms with Crippen LogP contribution in [0, 0.1) is 0 Å². The van der Waals surface area contributed by atoms with Crippen molar-refractivity contribution >= 4 is 29.4 Å². The second-order valence-electron chi connectivity index (χ2n) is 6.87. The monoisotopic (exact) mass is 411 g/mol. The van der Waals surface area contributed by atoms with Crippen LogP contribution in [-0.4, -0.2) is 43.8 Å². The van der Waals surface area contributed by atoms with Gasteiger partial charge in [0.2, 0.25) is 5.91 Å². The molecule has 29 heavy (non-hydrogen) atoms. The highest BCUT2D eigenvalue weighted by molar-refractivity contribution is 6.30. The summed E-state index contributed by atoms with van der Waals surface area (Å²) in [6, 6.07) is 9.46. The number of amides is 1. The Hall–Kier alpha value is -2.83. The van der Waals surface area contributed by atoms with E-state index in [9.17, 15) is 4.79 Å². The third-order valence-electron chi connectivity index (χ3n) is 4.77. The van der Waals surface area contributed by atoms with Crippen LogP contribution in [0.25, 0.3) is 6.08 Å². The minimum absolute atomic E-state index is 0.167. The number of carbonyl (C=O) groups is 1. The highest BCUT2D eigenvalue weighted by Crippen LogP contribution is 2.29. The Morgan fingerprint density at radius 1 is 1.24 bits per heavy atom. The van der Waals surface area contributed by atoms with Crippen molar-refractivity contribution in [2.75, 3.05) is 37.8 Å². The Morgan fingerprint density at radius 2 is 2.10 bits per heavy atom. The van der Waals surface area contributed by atoms with Crippen molar-refractivity contribution in [2.24, 2.45) is 0 Å². The second kappa shape index (κ2) is 9.11. The summed E-state index contributed by atoms with van der Waals surface area (Å²) in [6.07, 6.45) is 7.05. The van der Waals surface area contributed by atoms with E-state index < -0.39 is 0 Å². The van der Waals surface area contributed by atoms with Gasteiger partial charge in [0, 0.05) is 42.5 Å². The van der Waals surface area contributed by atoms with Gasteiger partial charge in [-0.05, 0) is 41.5 Å². The molecule has 0 saturated carbocycles. The predicted molar refractivity (Wildman–Crippen MR) is 113 cm³/mol. The highest BCUT2D eigenvalue weighted by atomic mass is 35.5. The minimum atomic E-state index is -0.167. The third kappa shape index (κ3) is 5.16. The van der Waals surface area contributed by atoms with Gasteiger partial charge in [-0.1, -0.05) is 23.7 Å². The fourth-order valence-corrected chi connectivity index (χ4v) is 3.37. The van der Waals surface area contributed by atoms with Gasteiger partial charge in [0.1, 0.15) is 18.2 Å². The lowest BCUT2D eigenvalue weighted by atomic mass is 10.1. The van der Waals surface area contributed by atoms with Crippen LogP contribution in [0.1, 0.15) is 11.1 Å². The summed E-state index contributed by atoms with van der Waals surface area (Å²) in [5.41, 5.74) is 2.77. The van der Waals surface area contributed by atoms with Crippen molar-refractivity contribution < 1.29 is 14.3 Å². The number of nitrogens with zero attached hydrogens (tertiary/aromatic N) is 2. The number of hydrogen-bond acceptors (Lipinski definition) is 5. The molecule has 0 atom stereocenters. The molecular formula is C22H22ClN3O3. The first-order chi connectivity index (χ1) is 14.2. The summed E-state index contributed by atoms with van der Waals surface area (Å²) >= 11 is 6.02. The van der Waals surface area contributed by atoms with E-state index in [2.05, 4.69) is 15.2 Å². The van der Waals surface area contributed by atoms with Gasteiger partial charge in [-0.3, -0.25) is 4.79 Å². The van der Waals surface area contributed by atoms with Crippen LogP contribution < -0.4 is 15.0 Å². The van der Waals surface area contributed by atoms with E-state index >= 15 is 0 Å². The summed E-state index contributed by atoms with van der Waals surface area (Å²) in [5, 5.41) is 3.53. The lowest BCUT2D eigenvalue weighted by molar-refractivity contribution is -0.116. The topological polar surface area (TPSA) is 63.7 Å². The maximum Gasteiger partial charge on any atom is 0.244 e. The Labute approximate surface area is 174 Å². The number of halogens is 1. The number of anilines is 1. The molecule has 2 aliphatic heterocycles. The van der Waals surface area contributed by atoms with Crippen molar-refractivity contribution in [2.45, 2.75) is 6.54 Å². The van der Waals surface area contributed by atoms with Crippen molar-refractivity contribution in [3.8, 4) is 5.75 Å². The predicted octanol–water partition coefficient (Wildman–Crippen LogP) is 3.22. The number of benzene rings is 1. The number of morpholine rings is 1. The fourth-order valence-electron chi connectivity index (χ4n) is 3.19. The van der Waals surface area contributed by atoms with Crippen LogP contribution in [0.2, 0.25) is 5.02 Å². The van der Waals surface area contributed by atoms with Crippen molar-refractivity contribution in [1.29, 1.82) is 0 Å². The molecule has 1 saturated heterocycles. The average molecular weight is 412 g/mol. The number of pyridine rings is 1. The molecule has 1 fully saturated rings.